The van der Waals surface area contributed by atoms with Crippen LogP contribution in [0.1, 0.15) is 113 Å². The van der Waals surface area contributed by atoms with Crippen molar-refractivity contribution in [1.29, 1.82) is 0 Å². The van der Waals surface area contributed by atoms with Crippen LogP contribution in [0.15, 0.2) is 77.8 Å². The van der Waals surface area contributed by atoms with E-state index >= 15 is 0 Å². The summed E-state index contributed by atoms with van der Waals surface area (Å²) in [5.41, 5.74) is 2.06. The van der Waals surface area contributed by atoms with Gasteiger partial charge in [-0.15, -0.1) is 0 Å². The van der Waals surface area contributed by atoms with E-state index in [-0.39, 0.29) is 5.97 Å². The van der Waals surface area contributed by atoms with E-state index in [0.29, 0.717) is 23.5 Å². The van der Waals surface area contributed by atoms with Crippen molar-refractivity contribution in [2.75, 3.05) is 7.11 Å². The fourth-order valence-corrected chi connectivity index (χ4v) is 4.73. The topological polar surface area (TPSA) is 74.2 Å². The third-order valence-corrected chi connectivity index (χ3v) is 7.33. The van der Waals surface area contributed by atoms with Crippen LogP contribution in [0.4, 0.5) is 5.69 Å². The molecule has 3 rings (SSSR count). The molecule has 0 bridgehead atoms. The number of esters is 2. The minimum absolute atomic E-state index is 0.242. The molecule has 0 fully saturated rings. The lowest BCUT2D eigenvalue weighted by Crippen LogP contribution is -2.10. The van der Waals surface area contributed by atoms with Crippen LogP contribution in [0, 0.1) is 0 Å². The number of rotatable bonds is 20. The van der Waals surface area contributed by atoms with Crippen LogP contribution in [-0.2, 0) is 4.79 Å². The van der Waals surface area contributed by atoms with Gasteiger partial charge in [-0.2, -0.15) is 0 Å². The molecule has 0 amide bonds. The zero-order chi connectivity index (χ0) is 30.5. The fourth-order valence-electron chi connectivity index (χ4n) is 4.73. The second-order valence-corrected chi connectivity index (χ2v) is 10.9. The monoisotopic (exact) mass is 585 g/mol. The summed E-state index contributed by atoms with van der Waals surface area (Å²) in [5, 5.41) is 0. The summed E-state index contributed by atoms with van der Waals surface area (Å²) in [6.07, 6.45) is 18.6. The Hall–Kier alpha value is -3.93. The Kier molecular flexibility index (Phi) is 15.7. The van der Waals surface area contributed by atoms with Gasteiger partial charge in [-0.05, 0) is 84.8 Å². The molecule has 6 nitrogen and oxygen atoms in total. The van der Waals surface area contributed by atoms with E-state index in [1.165, 1.54) is 70.6 Å². The molecule has 230 valence electrons. The number of carbonyl (C=O) groups excluding carboxylic acids is 2. The number of ether oxygens (including phenoxy) is 3. The molecule has 0 spiro atoms. The number of aliphatic imine (C=N–C) groups is 1. The van der Waals surface area contributed by atoms with Crippen LogP contribution in [0.25, 0.3) is 0 Å². The first kappa shape index (κ1) is 33.6. The first-order valence-corrected chi connectivity index (χ1v) is 15.9. The summed E-state index contributed by atoms with van der Waals surface area (Å²) in [5.74, 6) is 0.913. The Morgan fingerprint density at radius 2 is 1.09 bits per heavy atom. The van der Waals surface area contributed by atoms with Gasteiger partial charge in [0.2, 0.25) is 0 Å². The molecule has 6 heteroatoms. The van der Waals surface area contributed by atoms with E-state index in [1.54, 1.807) is 49.7 Å². The van der Waals surface area contributed by atoms with Crippen LogP contribution >= 0.6 is 0 Å². The molecule has 3 aromatic rings. The lowest BCUT2D eigenvalue weighted by Gasteiger charge is -2.07. The van der Waals surface area contributed by atoms with Crippen molar-refractivity contribution < 1.29 is 23.8 Å². The van der Waals surface area contributed by atoms with Crippen molar-refractivity contribution in [1.82, 2.24) is 0 Å². The first-order chi connectivity index (χ1) is 21.1. The van der Waals surface area contributed by atoms with Gasteiger partial charge in [0.15, 0.2) is 0 Å². The Bertz CT molecular complexity index is 1230. The van der Waals surface area contributed by atoms with E-state index in [0.717, 1.165) is 29.8 Å². The fraction of sp³-hybridized carbons (Fsp3) is 0.432. The normalized spacial score (nSPS) is 11.0. The Balaban J connectivity index is 1.28. The maximum atomic E-state index is 12.6. The molecule has 0 unspecified atom stereocenters. The summed E-state index contributed by atoms with van der Waals surface area (Å²) in [6.45, 7) is 2.26. The number of carbonyl (C=O) groups is 2. The highest BCUT2D eigenvalue weighted by atomic mass is 16.5. The predicted octanol–water partition coefficient (Wildman–Crippen LogP) is 10.1. The van der Waals surface area contributed by atoms with Crippen molar-refractivity contribution >= 4 is 23.8 Å². The van der Waals surface area contributed by atoms with Gasteiger partial charge in [0, 0.05) is 12.6 Å². The zero-order valence-electron chi connectivity index (χ0n) is 25.9. The quantitative estimate of drug-likeness (QED) is 0.0571. The summed E-state index contributed by atoms with van der Waals surface area (Å²) in [4.78, 5) is 29.2. The number of hydrogen-bond acceptors (Lipinski definition) is 6. The van der Waals surface area contributed by atoms with Gasteiger partial charge >= 0.3 is 11.9 Å². The maximum absolute atomic E-state index is 12.6. The minimum atomic E-state index is -0.482. The summed E-state index contributed by atoms with van der Waals surface area (Å²) >= 11 is 0. The third kappa shape index (κ3) is 13.7. The smallest absolute Gasteiger partial charge is 0.343 e. The molecule has 0 saturated heterocycles. The van der Waals surface area contributed by atoms with Gasteiger partial charge in [0.1, 0.15) is 17.2 Å². The van der Waals surface area contributed by atoms with Crippen molar-refractivity contribution in [3.8, 4) is 17.2 Å². The van der Waals surface area contributed by atoms with Gasteiger partial charge in [-0.25, -0.2) is 4.79 Å². The van der Waals surface area contributed by atoms with Gasteiger partial charge in [0.25, 0.3) is 0 Å². The van der Waals surface area contributed by atoms with Crippen molar-refractivity contribution in [2.45, 2.75) is 96.8 Å². The number of nitrogens with zero attached hydrogens (tertiary/aromatic N) is 1. The molecule has 0 aromatic heterocycles. The molecule has 0 saturated carbocycles. The van der Waals surface area contributed by atoms with E-state index in [1.807, 2.05) is 36.4 Å². The lowest BCUT2D eigenvalue weighted by molar-refractivity contribution is -0.134. The molecule has 0 heterocycles. The first-order valence-electron chi connectivity index (χ1n) is 15.9. The molecular formula is C37H47NO5. The number of methoxy groups -OCH3 is 1. The minimum Gasteiger partial charge on any atom is -0.497 e. The molecular weight excluding hydrogens is 538 g/mol. The van der Waals surface area contributed by atoms with Crippen molar-refractivity contribution in [3.05, 3.63) is 83.9 Å². The van der Waals surface area contributed by atoms with Gasteiger partial charge in [-0.3, -0.25) is 9.79 Å². The highest BCUT2D eigenvalue weighted by molar-refractivity contribution is 5.91. The van der Waals surface area contributed by atoms with Crippen molar-refractivity contribution in [2.24, 2.45) is 4.99 Å². The molecule has 3 aromatic carbocycles. The number of benzene rings is 3. The molecule has 0 aliphatic rings. The summed E-state index contributed by atoms with van der Waals surface area (Å²) < 4.78 is 16.1. The lowest BCUT2D eigenvalue weighted by atomic mass is 10.0. The van der Waals surface area contributed by atoms with Gasteiger partial charge in [0.05, 0.1) is 18.4 Å². The predicted molar refractivity (Wildman–Crippen MR) is 174 cm³/mol. The van der Waals surface area contributed by atoms with E-state index in [9.17, 15) is 9.59 Å². The second kappa shape index (κ2) is 20.1. The van der Waals surface area contributed by atoms with Crippen LogP contribution in [0.2, 0.25) is 0 Å². The van der Waals surface area contributed by atoms with Gasteiger partial charge in [-0.1, -0.05) is 84.0 Å². The number of unbranched alkanes of at least 4 members (excludes halogenated alkanes) is 12. The molecule has 0 aliphatic heterocycles. The van der Waals surface area contributed by atoms with Crippen molar-refractivity contribution in [3.63, 3.8) is 0 Å². The largest absolute Gasteiger partial charge is 0.497 e. The Morgan fingerprint density at radius 3 is 1.65 bits per heavy atom. The third-order valence-electron chi connectivity index (χ3n) is 7.33. The van der Waals surface area contributed by atoms with E-state index in [4.69, 9.17) is 14.2 Å². The van der Waals surface area contributed by atoms with Crippen LogP contribution < -0.4 is 14.2 Å². The summed E-state index contributed by atoms with van der Waals surface area (Å²) in [7, 11) is 1.63. The average molecular weight is 586 g/mol. The molecule has 0 atom stereocenters. The second-order valence-electron chi connectivity index (χ2n) is 10.9. The van der Waals surface area contributed by atoms with E-state index in [2.05, 4.69) is 11.9 Å². The number of hydrogen-bond donors (Lipinski definition) is 0. The highest BCUT2D eigenvalue weighted by Crippen LogP contribution is 2.20. The Morgan fingerprint density at radius 1 is 0.605 bits per heavy atom. The van der Waals surface area contributed by atoms with Crippen LogP contribution in [0.5, 0.6) is 17.2 Å². The van der Waals surface area contributed by atoms with Gasteiger partial charge < -0.3 is 14.2 Å². The average Bonchev–Trinajstić information content (AvgIpc) is 3.03. The highest BCUT2D eigenvalue weighted by Gasteiger charge is 2.10. The van der Waals surface area contributed by atoms with Crippen LogP contribution in [0.3, 0.4) is 0 Å². The standard InChI is InChI=1S/C37H47NO5/c1-3-4-5-6-7-8-9-10-11-12-13-14-15-16-36(39)42-34-25-19-31(20-26-34)37(40)43-35-23-17-30(18-24-35)29-38-32-21-27-33(41-2)28-22-32/h17-29H,3-16H2,1-2H3. The van der Waals surface area contributed by atoms with Crippen LogP contribution in [-0.4, -0.2) is 25.3 Å². The summed E-state index contributed by atoms with van der Waals surface area (Å²) in [6, 6.07) is 21.0. The van der Waals surface area contributed by atoms with E-state index < -0.39 is 5.97 Å². The molecule has 0 N–H and O–H groups in total. The maximum Gasteiger partial charge on any atom is 0.343 e. The molecule has 0 aliphatic carbocycles. The molecule has 0 radical (unpaired) electrons. The SMILES string of the molecule is CCCCCCCCCCCCCCCC(=O)Oc1ccc(C(=O)Oc2ccc(C=Nc3ccc(OC)cc3)cc2)cc1. The zero-order valence-corrected chi connectivity index (χ0v) is 25.9. The molecule has 43 heavy (non-hydrogen) atoms. The Labute approximate surface area is 257 Å².